The largest absolute Gasteiger partial charge is 0.373 e. The quantitative estimate of drug-likeness (QED) is 0.668. The molecule has 0 radical (unpaired) electrons. The molecule has 3 nitrogen and oxygen atoms in total. The monoisotopic (exact) mass is 185 g/mol. The normalized spacial score (nSPS) is 11.9. The summed E-state index contributed by atoms with van der Waals surface area (Å²) in [4.78, 5) is 3.76. The minimum Gasteiger partial charge on any atom is -0.373 e. The first-order valence-corrected chi connectivity index (χ1v) is 4.28. The Morgan fingerprint density at radius 2 is 2.07 bits per heavy atom. The van der Waals surface area contributed by atoms with Crippen molar-refractivity contribution >= 4 is 6.34 Å². The van der Waals surface area contributed by atoms with Gasteiger partial charge < -0.3 is 5.32 Å². The van der Waals surface area contributed by atoms with Gasteiger partial charge in [0, 0.05) is 12.7 Å². The fourth-order valence-corrected chi connectivity index (χ4v) is 0.843. The van der Waals surface area contributed by atoms with Crippen molar-refractivity contribution in [2.75, 3.05) is 6.54 Å². The molecule has 3 heteroatoms. The van der Waals surface area contributed by atoms with Crippen LogP contribution >= 0.6 is 0 Å². The molecule has 14 heavy (non-hydrogen) atoms. The predicted molar refractivity (Wildman–Crippen MR) is 56.8 cm³/mol. The minimum atomic E-state index is 0.715. The summed E-state index contributed by atoms with van der Waals surface area (Å²) in [6, 6.07) is 11.2. The number of hydrogen-bond acceptors (Lipinski definition) is 3. The van der Waals surface area contributed by atoms with Crippen LogP contribution in [0.3, 0.4) is 0 Å². The third kappa shape index (κ3) is 4.07. The van der Waals surface area contributed by atoms with Crippen LogP contribution in [-0.2, 0) is 0 Å². The Morgan fingerprint density at radius 3 is 2.36 bits per heavy atom. The van der Waals surface area contributed by atoms with Crippen LogP contribution in [0.25, 0.3) is 0 Å². The Labute approximate surface area is 83.4 Å². The van der Waals surface area contributed by atoms with E-state index in [-0.39, 0.29) is 0 Å². The highest BCUT2D eigenvalue weighted by Crippen LogP contribution is 1.93. The molecule has 0 spiro atoms. The van der Waals surface area contributed by atoms with Crippen molar-refractivity contribution in [1.29, 1.82) is 5.26 Å². The summed E-state index contributed by atoms with van der Waals surface area (Å²) in [6.07, 6.45) is 5.41. The van der Waals surface area contributed by atoms with E-state index in [1.54, 1.807) is 24.7 Å². The summed E-state index contributed by atoms with van der Waals surface area (Å²) in [7, 11) is 0. The van der Waals surface area contributed by atoms with Gasteiger partial charge in [0.2, 0.25) is 0 Å². The van der Waals surface area contributed by atoms with E-state index in [0.717, 1.165) is 6.54 Å². The molecule has 0 saturated heterocycles. The third-order valence-electron chi connectivity index (χ3n) is 1.50. The average Bonchev–Trinajstić information content (AvgIpc) is 2.33. The zero-order valence-corrected chi connectivity index (χ0v) is 7.72. The first-order chi connectivity index (χ1) is 6.93. The summed E-state index contributed by atoms with van der Waals surface area (Å²) in [5.74, 6) is 0. The molecule has 1 heterocycles. The van der Waals surface area contributed by atoms with Crippen molar-refractivity contribution in [3.8, 4) is 6.07 Å². The summed E-state index contributed by atoms with van der Waals surface area (Å²) >= 11 is 0. The van der Waals surface area contributed by atoms with Gasteiger partial charge in [-0.3, -0.25) is 0 Å². The van der Waals surface area contributed by atoms with E-state index in [9.17, 15) is 0 Å². The lowest BCUT2D eigenvalue weighted by Gasteiger charge is -1.93. The Hall–Kier alpha value is -2.08. The second kappa shape index (κ2) is 6.44. The van der Waals surface area contributed by atoms with Crippen molar-refractivity contribution < 1.29 is 0 Å². The summed E-state index contributed by atoms with van der Waals surface area (Å²) < 4.78 is 0. The molecule has 1 N–H and O–H groups in total. The first kappa shape index (κ1) is 10.0. The van der Waals surface area contributed by atoms with Crippen LogP contribution in [0.2, 0.25) is 0 Å². The van der Waals surface area contributed by atoms with E-state index >= 15 is 0 Å². The summed E-state index contributed by atoms with van der Waals surface area (Å²) in [5, 5.41) is 11.2. The van der Waals surface area contributed by atoms with Gasteiger partial charge in [0.25, 0.3) is 0 Å². The molecule has 0 aliphatic carbocycles. The van der Waals surface area contributed by atoms with Gasteiger partial charge in [-0.15, -0.1) is 0 Å². The van der Waals surface area contributed by atoms with Gasteiger partial charge in [0.1, 0.15) is 0 Å². The molecule has 0 amide bonds. The Morgan fingerprint density at radius 1 is 1.29 bits per heavy atom. The smallest absolute Gasteiger partial charge is 0.0991 e. The lowest BCUT2D eigenvalue weighted by atomic mass is 10.2. The highest BCUT2D eigenvalue weighted by atomic mass is 14.9. The lowest BCUT2D eigenvalue weighted by Crippen LogP contribution is -2.11. The summed E-state index contributed by atoms with van der Waals surface area (Å²) in [6.45, 7) is 0.920. The van der Waals surface area contributed by atoms with E-state index in [4.69, 9.17) is 5.26 Å². The fraction of sp³-hybridized carbons (Fsp3) is 0.0909. The fourth-order valence-electron chi connectivity index (χ4n) is 0.843. The lowest BCUT2D eigenvalue weighted by molar-refractivity contribution is 1.04. The molecule has 0 unspecified atom stereocenters. The number of nitriles is 1. The molecule has 1 aliphatic rings. The minimum absolute atomic E-state index is 0.715. The molecular formula is C11H11N3. The van der Waals surface area contributed by atoms with Crippen LogP contribution in [0.4, 0.5) is 0 Å². The molecule has 0 aromatic heterocycles. The van der Waals surface area contributed by atoms with E-state index < -0.39 is 0 Å². The van der Waals surface area contributed by atoms with Crippen molar-refractivity contribution in [1.82, 2.24) is 5.32 Å². The van der Waals surface area contributed by atoms with Crippen LogP contribution in [-0.4, -0.2) is 12.9 Å². The SMILES string of the molecule is C1=CN=CNC1.N#Cc1ccccc1. The van der Waals surface area contributed by atoms with E-state index in [1.165, 1.54) is 0 Å². The highest BCUT2D eigenvalue weighted by molar-refractivity contribution is 5.56. The average molecular weight is 185 g/mol. The van der Waals surface area contributed by atoms with E-state index in [2.05, 4.69) is 10.3 Å². The van der Waals surface area contributed by atoms with E-state index in [1.807, 2.05) is 30.3 Å². The van der Waals surface area contributed by atoms with Crippen LogP contribution < -0.4 is 5.32 Å². The van der Waals surface area contributed by atoms with Crippen LogP contribution in [0.5, 0.6) is 0 Å². The van der Waals surface area contributed by atoms with Gasteiger partial charge in [0.05, 0.1) is 18.0 Å². The zero-order valence-electron chi connectivity index (χ0n) is 7.72. The zero-order chi connectivity index (χ0) is 10.1. The van der Waals surface area contributed by atoms with Crippen molar-refractivity contribution in [3.63, 3.8) is 0 Å². The van der Waals surface area contributed by atoms with E-state index in [0.29, 0.717) is 5.56 Å². The highest BCUT2D eigenvalue weighted by Gasteiger charge is 1.79. The molecule has 2 rings (SSSR count). The van der Waals surface area contributed by atoms with Gasteiger partial charge in [0.15, 0.2) is 0 Å². The molecule has 0 fully saturated rings. The maximum absolute atomic E-state index is 8.29. The van der Waals surface area contributed by atoms with Crippen molar-refractivity contribution in [3.05, 3.63) is 48.2 Å². The molecule has 0 atom stereocenters. The van der Waals surface area contributed by atoms with Gasteiger partial charge in [-0.05, 0) is 18.2 Å². The number of rotatable bonds is 0. The Balaban J connectivity index is 0.000000146. The van der Waals surface area contributed by atoms with Gasteiger partial charge in [-0.25, -0.2) is 4.99 Å². The van der Waals surface area contributed by atoms with Gasteiger partial charge >= 0.3 is 0 Å². The molecule has 0 bridgehead atoms. The maximum atomic E-state index is 8.29. The van der Waals surface area contributed by atoms with Gasteiger partial charge in [-0.1, -0.05) is 18.2 Å². The molecule has 1 aromatic carbocycles. The third-order valence-corrected chi connectivity index (χ3v) is 1.50. The van der Waals surface area contributed by atoms with Crippen LogP contribution in [0.15, 0.2) is 47.6 Å². The Kier molecular flexibility index (Phi) is 4.60. The second-order valence-electron chi connectivity index (χ2n) is 2.55. The van der Waals surface area contributed by atoms with Gasteiger partial charge in [-0.2, -0.15) is 5.26 Å². The molecular weight excluding hydrogens is 174 g/mol. The standard InChI is InChI=1S/C7H5N.C4H6N2/c8-6-7-4-2-1-3-5-7;1-2-5-4-6-3-1/h1-5H;1-2,4H,3H2,(H,5,6). The first-order valence-electron chi connectivity index (χ1n) is 4.28. The molecule has 70 valence electrons. The number of nitrogens with one attached hydrogen (secondary N) is 1. The summed E-state index contributed by atoms with van der Waals surface area (Å²) in [5.41, 5.74) is 0.715. The van der Waals surface area contributed by atoms with Crippen molar-refractivity contribution in [2.45, 2.75) is 0 Å². The molecule has 0 saturated carbocycles. The van der Waals surface area contributed by atoms with Crippen molar-refractivity contribution in [2.24, 2.45) is 4.99 Å². The number of aliphatic imine (C=N–C) groups is 1. The predicted octanol–water partition coefficient (Wildman–Crippen LogP) is 1.69. The maximum Gasteiger partial charge on any atom is 0.0991 e. The second-order valence-corrected chi connectivity index (χ2v) is 2.55. The topological polar surface area (TPSA) is 48.2 Å². The number of hydrogen-bond donors (Lipinski definition) is 1. The molecule has 1 aromatic rings. The van der Waals surface area contributed by atoms with Crippen LogP contribution in [0.1, 0.15) is 5.56 Å². The number of nitrogens with zero attached hydrogens (tertiary/aromatic N) is 2. The van der Waals surface area contributed by atoms with Crippen LogP contribution in [0, 0.1) is 11.3 Å². The Bertz CT molecular complexity index is 335. The number of benzene rings is 1. The molecule has 1 aliphatic heterocycles.